The van der Waals surface area contributed by atoms with Crippen molar-refractivity contribution >= 4 is 11.3 Å². The zero-order valence-corrected chi connectivity index (χ0v) is 13.2. The predicted molar refractivity (Wildman–Crippen MR) is 87.6 cm³/mol. The van der Waals surface area contributed by atoms with Crippen LogP contribution in [-0.2, 0) is 0 Å². The number of rotatable bonds is 3. The number of benzene rings is 1. The van der Waals surface area contributed by atoms with Crippen LogP contribution in [0.4, 0.5) is 5.69 Å². The molecule has 2 heterocycles. The Morgan fingerprint density at radius 2 is 1.86 bits per heavy atom. The van der Waals surface area contributed by atoms with Gasteiger partial charge in [0.1, 0.15) is 17.1 Å². The van der Waals surface area contributed by atoms with Crippen molar-refractivity contribution in [3.8, 4) is 22.8 Å². The summed E-state index contributed by atoms with van der Waals surface area (Å²) < 4.78 is 12.8. The standard InChI is InChI=1S/C17H19N3O2/c1-10-7-16-19-17(11(2)20(16)9-14(10)18)13-8-12(21-3)5-6-15(13)22-4/h5-9H,18H2,1-4H3. The average Bonchev–Trinajstić information content (AvgIpc) is 2.83. The molecule has 0 spiro atoms. The summed E-state index contributed by atoms with van der Waals surface area (Å²) in [6, 6.07) is 7.68. The highest BCUT2D eigenvalue weighted by Crippen LogP contribution is 2.35. The van der Waals surface area contributed by atoms with E-state index in [1.54, 1.807) is 14.2 Å². The summed E-state index contributed by atoms with van der Waals surface area (Å²) in [5.41, 5.74) is 11.4. The fourth-order valence-corrected chi connectivity index (χ4v) is 2.57. The van der Waals surface area contributed by atoms with Crippen LogP contribution in [0.5, 0.6) is 11.5 Å². The fraction of sp³-hybridized carbons (Fsp3) is 0.235. The summed E-state index contributed by atoms with van der Waals surface area (Å²) in [4.78, 5) is 4.74. The predicted octanol–water partition coefficient (Wildman–Crippen LogP) is 3.22. The first-order chi connectivity index (χ1) is 10.5. The molecular weight excluding hydrogens is 278 g/mol. The molecule has 3 rings (SSSR count). The highest BCUT2D eigenvalue weighted by molar-refractivity contribution is 5.74. The van der Waals surface area contributed by atoms with Crippen LogP contribution in [0.1, 0.15) is 11.3 Å². The molecule has 2 aromatic heterocycles. The zero-order chi connectivity index (χ0) is 15.9. The van der Waals surface area contributed by atoms with E-state index in [1.807, 2.05) is 48.7 Å². The van der Waals surface area contributed by atoms with Gasteiger partial charge < -0.3 is 19.6 Å². The molecule has 0 bridgehead atoms. The van der Waals surface area contributed by atoms with E-state index in [0.717, 1.165) is 45.3 Å². The molecule has 5 heteroatoms. The Kier molecular flexibility index (Phi) is 3.41. The number of imidazole rings is 1. The second-order valence-corrected chi connectivity index (χ2v) is 5.25. The van der Waals surface area contributed by atoms with Crippen molar-refractivity contribution < 1.29 is 9.47 Å². The Morgan fingerprint density at radius 1 is 1.09 bits per heavy atom. The van der Waals surface area contributed by atoms with Gasteiger partial charge in [-0.3, -0.25) is 0 Å². The lowest BCUT2D eigenvalue weighted by molar-refractivity contribution is 0.404. The van der Waals surface area contributed by atoms with Crippen molar-refractivity contribution in [1.82, 2.24) is 9.38 Å². The molecular formula is C17H19N3O2. The maximum Gasteiger partial charge on any atom is 0.138 e. The lowest BCUT2D eigenvalue weighted by Gasteiger charge is -2.09. The van der Waals surface area contributed by atoms with Gasteiger partial charge in [-0.05, 0) is 43.7 Å². The van der Waals surface area contributed by atoms with Gasteiger partial charge in [-0.1, -0.05) is 0 Å². The SMILES string of the molecule is COc1ccc(OC)c(-c2nc3cc(C)c(N)cn3c2C)c1. The summed E-state index contributed by atoms with van der Waals surface area (Å²) in [7, 11) is 3.30. The molecule has 1 aromatic carbocycles. The van der Waals surface area contributed by atoms with Crippen LogP contribution in [0, 0.1) is 13.8 Å². The number of aromatic nitrogens is 2. The van der Waals surface area contributed by atoms with Crippen molar-refractivity contribution in [1.29, 1.82) is 0 Å². The van der Waals surface area contributed by atoms with Gasteiger partial charge >= 0.3 is 0 Å². The minimum Gasteiger partial charge on any atom is -0.497 e. The summed E-state index contributed by atoms with van der Waals surface area (Å²) in [5.74, 6) is 1.53. The third-order valence-electron chi connectivity index (χ3n) is 3.91. The largest absolute Gasteiger partial charge is 0.497 e. The second-order valence-electron chi connectivity index (χ2n) is 5.25. The van der Waals surface area contributed by atoms with Gasteiger partial charge in [-0.2, -0.15) is 0 Å². The third-order valence-corrected chi connectivity index (χ3v) is 3.91. The summed E-state index contributed by atoms with van der Waals surface area (Å²) in [6.45, 7) is 3.99. The monoisotopic (exact) mass is 297 g/mol. The van der Waals surface area contributed by atoms with Crippen LogP contribution >= 0.6 is 0 Å². The molecule has 22 heavy (non-hydrogen) atoms. The lowest BCUT2D eigenvalue weighted by Crippen LogP contribution is -1.95. The number of methoxy groups -OCH3 is 2. The number of ether oxygens (including phenoxy) is 2. The molecule has 0 fully saturated rings. The van der Waals surface area contributed by atoms with E-state index >= 15 is 0 Å². The van der Waals surface area contributed by atoms with Crippen LogP contribution in [0.15, 0.2) is 30.5 Å². The number of hydrogen-bond acceptors (Lipinski definition) is 4. The third kappa shape index (κ3) is 2.15. The van der Waals surface area contributed by atoms with Crippen molar-refractivity contribution in [3.05, 3.63) is 41.7 Å². The van der Waals surface area contributed by atoms with Gasteiger partial charge in [0.2, 0.25) is 0 Å². The number of hydrogen-bond donors (Lipinski definition) is 1. The van der Waals surface area contributed by atoms with Crippen LogP contribution in [-0.4, -0.2) is 23.6 Å². The molecule has 0 atom stereocenters. The molecule has 0 aliphatic heterocycles. The van der Waals surface area contributed by atoms with E-state index in [-0.39, 0.29) is 0 Å². The Labute approximate surface area is 129 Å². The van der Waals surface area contributed by atoms with Gasteiger partial charge in [0.05, 0.1) is 25.6 Å². The highest BCUT2D eigenvalue weighted by Gasteiger charge is 2.16. The molecule has 5 nitrogen and oxygen atoms in total. The molecule has 0 radical (unpaired) electrons. The molecule has 0 aliphatic rings. The first-order valence-corrected chi connectivity index (χ1v) is 7.02. The Bertz CT molecular complexity index is 853. The van der Waals surface area contributed by atoms with E-state index in [2.05, 4.69) is 0 Å². The molecule has 0 saturated heterocycles. The van der Waals surface area contributed by atoms with E-state index < -0.39 is 0 Å². The maximum absolute atomic E-state index is 6.01. The minimum absolute atomic E-state index is 0.747. The van der Waals surface area contributed by atoms with Crippen molar-refractivity contribution in [3.63, 3.8) is 0 Å². The molecule has 0 aliphatic carbocycles. The first kappa shape index (κ1) is 14.3. The van der Waals surface area contributed by atoms with E-state index in [4.69, 9.17) is 20.2 Å². The molecule has 0 saturated carbocycles. The topological polar surface area (TPSA) is 61.8 Å². The van der Waals surface area contributed by atoms with E-state index in [1.165, 1.54) is 0 Å². The number of nitrogens with zero attached hydrogens (tertiary/aromatic N) is 2. The van der Waals surface area contributed by atoms with Gasteiger partial charge in [-0.25, -0.2) is 4.98 Å². The Hall–Kier alpha value is -2.69. The Balaban J connectivity index is 2.28. The number of nitrogen functional groups attached to an aromatic ring is 1. The molecule has 0 unspecified atom stereocenters. The molecule has 114 valence electrons. The molecule has 0 amide bonds. The zero-order valence-electron chi connectivity index (χ0n) is 13.2. The van der Waals surface area contributed by atoms with Gasteiger partial charge in [0.15, 0.2) is 0 Å². The lowest BCUT2D eigenvalue weighted by atomic mass is 10.1. The number of anilines is 1. The molecule has 2 N–H and O–H groups in total. The maximum atomic E-state index is 6.01. The summed E-state index contributed by atoms with van der Waals surface area (Å²) >= 11 is 0. The van der Waals surface area contributed by atoms with Crippen molar-refractivity contribution in [2.75, 3.05) is 20.0 Å². The number of aryl methyl sites for hydroxylation is 2. The summed E-state index contributed by atoms with van der Waals surface area (Å²) in [6.07, 6.45) is 1.91. The van der Waals surface area contributed by atoms with E-state index in [0.29, 0.717) is 0 Å². The smallest absolute Gasteiger partial charge is 0.138 e. The number of pyridine rings is 1. The van der Waals surface area contributed by atoms with Crippen molar-refractivity contribution in [2.24, 2.45) is 0 Å². The van der Waals surface area contributed by atoms with Crippen LogP contribution in [0.2, 0.25) is 0 Å². The highest BCUT2D eigenvalue weighted by atomic mass is 16.5. The van der Waals surface area contributed by atoms with Crippen LogP contribution in [0.25, 0.3) is 16.9 Å². The van der Waals surface area contributed by atoms with Crippen LogP contribution in [0.3, 0.4) is 0 Å². The fourth-order valence-electron chi connectivity index (χ4n) is 2.57. The van der Waals surface area contributed by atoms with Crippen LogP contribution < -0.4 is 15.2 Å². The summed E-state index contributed by atoms with van der Waals surface area (Å²) in [5, 5.41) is 0. The average molecular weight is 297 g/mol. The molecule has 3 aromatic rings. The Morgan fingerprint density at radius 3 is 2.55 bits per heavy atom. The van der Waals surface area contributed by atoms with Gasteiger partial charge in [0.25, 0.3) is 0 Å². The normalized spacial score (nSPS) is 10.9. The minimum atomic E-state index is 0.747. The van der Waals surface area contributed by atoms with E-state index in [9.17, 15) is 0 Å². The quantitative estimate of drug-likeness (QED) is 0.806. The number of fused-ring (bicyclic) bond motifs is 1. The second kappa shape index (κ2) is 5.26. The number of nitrogens with two attached hydrogens (primary N) is 1. The van der Waals surface area contributed by atoms with Gasteiger partial charge in [0, 0.05) is 17.5 Å². The van der Waals surface area contributed by atoms with Gasteiger partial charge in [-0.15, -0.1) is 0 Å². The van der Waals surface area contributed by atoms with Crippen molar-refractivity contribution in [2.45, 2.75) is 13.8 Å². The first-order valence-electron chi connectivity index (χ1n) is 7.02.